The molecule has 3 aromatic rings. The summed E-state index contributed by atoms with van der Waals surface area (Å²) >= 11 is 11.7. The van der Waals surface area contributed by atoms with Gasteiger partial charge in [0.25, 0.3) is 0 Å². The number of halogens is 2. The van der Waals surface area contributed by atoms with E-state index in [-0.39, 0.29) is 17.3 Å². The van der Waals surface area contributed by atoms with E-state index < -0.39 is 20.7 Å². The van der Waals surface area contributed by atoms with Gasteiger partial charge in [-0.05, 0) is 29.2 Å². The predicted octanol–water partition coefficient (Wildman–Crippen LogP) is 4.25. The van der Waals surface area contributed by atoms with Gasteiger partial charge in [0, 0.05) is 43.1 Å². The number of benzene rings is 2. The van der Waals surface area contributed by atoms with E-state index in [9.17, 15) is 18.5 Å². The number of imidazole rings is 1. The van der Waals surface area contributed by atoms with Crippen molar-refractivity contribution in [1.82, 2.24) is 9.55 Å². The van der Waals surface area contributed by atoms with Crippen LogP contribution in [0, 0.1) is 10.1 Å². The molecule has 0 radical (unpaired) electrons. The minimum Gasteiger partial charge on any atom is -0.369 e. The Morgan fingerprint density at radius 2 is 1.56 bits per heavy atom. The smallest absolute Gasteiger partial charge is 0.350 e. The molecule has 0 bridgehead atoms. The third kappa shape index (κ3) is 5.63. The van der Waals surface area contributed by atoms with E-state index in [1.54, 1.807) is 54.6 Å². The standard InChI is InChI=1S/C22H25Cl2N5O4S/c1-26-20(25-21(22(26)29(30)31)17-6-4-3-5-7-17)16-34(32,33)27(2)18-8-10-19(11-9-18)28(14-12-23)15-13-24/h3-11H,12-16H2,1-2H3. The Morgan fingerprint density at radius 3 is 2.09 bits per heavy atom. The molecule has 182 valence electrons. The quantitative estimate of drug-likeness (QED) is 0.210. The summed E-state index contributed by atoms with van der Waals surface area (Å²) < 4.78 is 28.7. The molecule has 0 unspecified atom stereocenters. The lowest BCUT2D eigenvalue weighted by Gasteiger charge is -2.24. The lowest BCUT2D eigenvalue weighted by Crippen LogP contribution is -2.29. The van der Waals surface area contributed by atoms with Gasteiger partial charge in [0.15, 0.2) is 5.69 Å². The summed E-state index contributed by atoms with van der Waals surface area (Å²) in [6.45, 7) is 1.23. The molecule has 0 aliphatic carbocycles. The van der Waals surface area contributed by atoms with Gasteiger partial charge in [-0.3, -0.25) is 4.31 Å². The van der Waals surface area contributed by atoms with E-state index in [2.05, 4.69) is 4.98 Å². The monoisotopic (exact) mass is 525 g/mol. The highest BCUT2D eigenvalue weighted by Crippen LogP contribution is 2.31. The van der Waals surface area contributed by atoms with E-state index in [1.165, 1.54) is 18.7 Å². The van der Waals surface area contributed by atoms with Gasteiger partial charge < -0.3 is 15.0 Å². The summed E-state index contributed by atoms with van der Waals surface area (Å²) in [5.41, 5.74) is 2.00. The van der Waals surface area contributed by atoms with Gasteiger partial charge in [0.2, 0.25) is 15.8 Å². The van der Waals surface area contributed by atoms with Crippen molar-refractivity contribution in [2.45, 2.75) is 5.75 Å². The molecule has 0 N–H and O–H groups in total. The summed E-state index contributed by atoms with van der Waals surface area (Å²) in [6.07, 6.45) is 0. The summed E-state index contributed by atoms with van der Waals surface area (Å²) in [7, 11) is -0.999. The van der Waals surface area contributed by atoms with Gasteiger partial charge in [-0.15, -0.1) is 23.2 Å². The first-order valence-corrected chi connectivity index (χ1v) is 13.1. The van der Waals surface area contributed by atoms with Crippen LogP contribution in [0.15, 0.2) is 54.6 Å². The van der Waals surface area contributed by atoms with Crippen LogP contribution in [0.5, 0.6) is 0 Å². The molecule has 9 nitrogen and oxygen atoms in total. The van der Waals surface area contributed by atoms with E-state index in [1.807, 2.05) is 4.90 Å². The molecule has 0 aliphatic heterocycles. The fraction of sp³-hybridized carbons (Fsp3) is 0.318. The van der Waals surface area contributed by atoms with Gasteiger partial charge in [-0.1, -0.05) is 30.3 Å². The maximum Gasteiger partial charge on any atom is 0.350 e. The van der Waals surface area contributed by atoms with Crippen molar-refractivity contribution in [3.05, 3.63) is 70.5 Å². The summed E-state index contributed by atoms with van der Waals surface area (Å²) in [5, 5.41) is 11.7. The van der Waals surface area contributed by atoms with E-state index in [0.717, 1.165) is 9.99 Å². The Balaban J connectivity index is 1.88. The van der Waals surface area contributed by atoms with Gasteiger partial charge in [-0.25, -0.2) is 18.0 Å². The second-order valence-electron chi connectivity index (χ2n) is 7.49. The first kappa shape index (κ1) is 25.8. The number of sulfonamides is 1. The predicted molar refractivity (Wildman–Crippen MR) is 136 cm³/mol. The number of nitrogens with zero attached hydrogens (tertiary/aromatic N) is 5. The summed E-state index contributed by atoms with van der Waals surface area (Å²) in [6, 6.07) is 15.6. The van der Waals surface area contributed by atoms with Crippen LogP contribution in [0.1, 0.15) is 5.82 Å². The third-order valence-corrected chi connectivity index (χ3v) is 7.40. The minimum atomic E-state index is -3.88. The Labute approximate surface area is 208 Å². The summed E-state index contributed by atoms with van der Waals surface area (Å²) in [5.74, 6) is 0.188. The van der Waals surface area contributed by atoms with E-state index >= 15 is 0 Å². The Hall–Kier alpha value is -2.82. The maximum absolute atomic E-state index is 13.2. The van der Waals surface area contributed by atoms with Crippen molar-refractivity contribution in [2.75, 3.05) is 41.1 Å². The Kier molecular flexibility index (Phi) is 8.40. The second kappa shape index (κ2) is 11.1. The number of nitro groups is 1. The Bertz CT molecular complexity index is 1230. The number of hydrogen-bond acceptors (Lipinski definition) is 6. The molecule has 0 saturated carbocycles. The highest BCUT2D eigenvalue weighted by Gasteiger charge is 2.30. The normalized spacial score (nSPS) is 11.4. The van der Waals surface area contributed by atoms with Gasteiger partial charge in [-0.2, -0.15) is 0 Å². The Morgan fingerprint density at radius 1 is 1.00 bits per heavy atom. The van der Waals surface area contributed by atoms with Crippen LogP contribution < -0.4 is 9.21 Å². The molecule has 2 aromatic carbocycles. The average Bonchev–Trinajstić information content (AvgIpc) is 3.14. The average molecular weight is 526 g/mol. The molecule has 3 rings (SSSR count). The van der Waals surface area contributed by atoms with Crippen molar-refractivity contribution in [3.8, 4) is 11.3 Å². The van der Waals surface area contributed by atoms with Crippen molar-refractivity contribution in [1.29, 1.82) is 0 Å². The number of rotatable bonds is 11. The van der Waals surface area contributed by atoms with Gasteiger partial charge in [0.1, 0.15) is 5.75 Å². The molecule has 0 atom stereocenters. The fourth-order valence-electron chi connectivity index (χ4n) is 3.53. The molecular weight excluding hydrogens is 501 g/mol. The number of hydrogen-bond donors (Lipinski definition) is 0. The third-order valence-electron chi connectivity index (χ3n) is 5.39. The van der Waals surface area contributed by atoms with Gasteiger partial charge >= 0.3 is 5.82 Å². The number of aromatic nitrogens is 2. The SMILES string of the molecule is CN(c1ccc(N(CCCl)CCCl)cc1)S(=O)(=O)Cc1nc(-c2ccccc2)c([N+](=O)[O-])n1C. The fourth-order valence-corrected chi connectivity index (χ4v) is 5.16. The molecule has 0 spiro atoms. The molecule has 0 saturated heterocycles. The first-order chi connectivity index (χ1) is 16.2. The topological polar surface area (TPSA) is 102 Å². The highest BCUT2D eigenvalue weighted by molar-refractivity contribution is 7.92. The van der Waals surface area contributed by atoms with Crippen LogP contribution in [0.4, 0.5) is 17.2 Å². The van der Waals surface area contributed by atoms with Crippen LogP contribution in [-0.4, -0.2) is 54.8 Å². The zero-order chi connectivity index (χ0) is 24.9. The molecule has 1 heterocycles. The maximum atomic E-state index is 13.2. The highest BCUT2D eigenvalue weighted by atomic mass is 35.5. The number of alkyl halides is 2. The van der Waals surface area contributed by atoms with Crippen LogP contribution in [0.3, 0.4) is 0 Å². The van der Waals surface area contributed by atoms with Crippen molar-refractivity contribution < 1.29 is 13.3 Å². The molecule has 0 fully saturated rings. The van der Waals surface area contributed by atoms with Crippen LogP contribution in [-0.2, 0) is 22.8 Å². The van der Waals surface area contributed by atoms with E-state index in [0.29, 0.717) is 36.1 Å². The van der Waals surface area contributed by atoms with Crippen molar-refractivity contribution in [2.24, 2.45) is 7.05 Å². The molecule has 1 aromatic heterocycles. The molecule has 34 heavy (non-hydrogen) atoms. The van der Waals surface area contributed by atoms with Crippen molar-refractivity contribution >= 4 is 50.4 Å². The lowest BCUT2D eigenvalue weighted by atomic mass is 10.1. The second-order valence-corrected chi connectivity index (χ2v) is 10.2. The lowest BCUT2D eigenvalue weighted by molar-refractivity contribution is -0.391. The van der Waals surface area contributed by atoms with Crippen LogP contribution in [0.25, 0.3) is 11.3 Å². The van der Waals surface area contributed by atoms with Gasteiger partial charge in [0.05, 0.1) is 12.7 Å². The minimum absolute atomic E-state index is 0.0735. The largest absolute Gasteiger partial charge is 0.369 e. The molecule has 12 heteroatoms. The molecule has 0 aliphatic rings. The van der Waals surface area contributed by atoms with Crippen molar-refractivity contribution in [3.63, 3.8) is 0 Å². The van der Waals surface area contributed by atoms with Crippen LogP contribution >= 0.6 is 23.2 Å². The summed E-state index contributed by atoms with van der Waals surface area (Å²) in [4.78, 5) is 17.5. The number of anilines is 2. The van der Waals surface area contributed by atoms with E-state index in [4.69, 9.17) is 23.2 Å². The van der Waals surface area contributed by atoms with Crippen LogP contribution in [0.2, 0.25) is 0 Å². The molecule has 0 amide bonds. The zero-order valence-electron chi connectivity index (χ0n) is 18.8. The molecular formula is C22H25Cl2N5O4S. The first-order valence-electron chi connectivity index (χ1n) is 10.4. The zero-order valence-corrected chi connectivity index (χ0v) is 21.1.